The van der Waals surface area contributed by atoms with Gasteiger partial charge in [0.05, 0.1) is 0 Å². The average Bonchev–Trinajstić information content (AvgIpc) is 3.18. The summed E-state index contributed by atoms with van der Waals surface area (Å²) in [5.41, 5.74) is 1.48. The number of rotatable bonds is 8. The normalized spacial score (nSPS) is 18.3. The standard InChI is InChI=1S/C22H26FN3O3/c1-2-15-10-11-24-20(12-15)22(28)25-13-16-4-3-5-19(16)26-21(27)14-29-18-8-6-17(23)7-9-18/h6-12,16,19H,2-5,13-14H2,1H3,(H,25,28)(H,26,27). The Balaban J connectivity index is 1.46. The van der Waals surface area contributed by atoms with E-state index in [2.05, 4.69) is 15.6 Å². The molecule has 2 N–H and O–H groups in total. The summed E-state index contributed by atoms with van der Waals surface area (Å²) < 4.78 is 18.3. The second-order valence-electron chi connectivity index (χ2n) is 7.22. The summed E-state index contributed by atoms with van der Waals surface area (Å²) in [6, 6.07) is 9.23. The van der Waals surface area contributed by atoms with Crippen LogP contribution in [0.25, 0.3) is 0 Å². The number of hydrogen-bond acceptors (Lipinski definition) is 4. The highest BCUT2D eigenvalue weighted by Crippen LogP contribution is 2.25. The Kier molecular flexibility index (Phi) is 7.16. The van der Waals surface area contributed by atoms with Crippen molar-refractivity contribution in [1.82, 2.24) is 15.6 Å². The van der Waals surface area contributed by atoms with Crippen LogP contribution in [0.2, 0.25) is 0 Å². The van der Waals surface area contributed by atoms with Crippen LogP contribution in [-0.4, -0.2) is 36.0 Å². The first-order valence-electron chi connectivity index (χ1n) is 9.96. The molecule has 1 aliphatic carbocycles. The van der Waals surface area contributed by atoms with Crippen LogP contribution < -0.4 is 15.4 Å². The third-order valence-corrected chi connectivity index (χ3v) is 5.18. The number of carbonyl (C=O) groups excluding carboxylic acids is 2. The van der Waals surface area contributed by atoms with Gasteiger partial charge in [-0.2, -0.15) is 0 Å². The number of nitrogens with one attached hydrogen (secondary N) is 2. The van der Waals surface area contributed by atoms with Crippen molar-refractivity contribution in [2.75, 3.05) is 13.2 Å². The number of hydrogen-bond donors (Lipinski definition) is 2. The van der Waals surface area contributed by atoms with E-state index in [1.54, 1.807) is 12.3 Å². The quantitative estimate of drug-likeness (QED) is 0.715. The van der Waals surface area contributed by atoms with Gasteiger partial charge in [0.15, 0.2) is 6.61 Å². The van der Waals surface area contributed by atoms with Crippen LogP contribution in [0.4, 0.5) is 4.39 Å². The molecule has 0 bridgehead atoms. The number of aromatic nitrogens is 1. The lowest BCUT2D eigenvalue weighted by atomic mass is 10.0. The largest absolute Gasteiger partial charge is 0.484 e. The SMILES string of the molecule is CCc1ccnc(C(=O)NCC2CCCC2NC(=O)COc2ccc(F)cc2)c1. The van der Waals surface area contributed by atoms with Crippen molar-refractivity contribution in [3.63, 3.8) is 0 Å². The third-order valence-electron chi connectivity index (χ3n) is 5.18. The molecule has 0 radical (unpaired) electrons. The van der Waals surface area contributed by atoms with E-state index in [4.69, 9.17) is 4.74 Å². The van der Waals surface area contributed by atoms with Gasteiger partial charge in [-0.05, 0) is 67.1 Å². The monoisotopic (exact) mass is 399 g/mol. The summed E-state index contributed by atoms with van der Waals surface area (Å²) in [4.78, 5) is 28.7. The van der Waals surface area contributed by atoms with Crippen LogP contribution in [0.5, 0.6) is 5.75 Å². The molecule has 2 aromatic rings. The lowest BCUT2D eigenvalue weighted by Crippen LogP contribution is -2.43. The lowest BCUT2D eigenvalue weighted by molar-refractivity contribution is -0.124. The van der Waals surface area contributed by atoms with Crippen molar-refractivity contribution >= 4 is 11.8 Å². The van der Waals surface area contributed by atoms with E-state index in [9.17, 15) is 14.0 Å². The Morgan fingerprint density at radius 3 is 2.76 bits per heavy atom. The van der Waals surface area contributed by atoms with Gasteiger partial charge in [0.2, 0.25) is 0 Å². The van der Waals surface area contributed by atoms with E-state index in [0.717, 1.165) is 31.2 Å². The summed E-state index contributed by atoms with van der Waals surface area (Å²) >= 11 is 0. The fraction of sp³-hybridized carbons (Fsp3) is 0.409. The first-order chi connectivity index (χ1) is 14.0. The van der Waals surface area contributed by atoms with E-state index in [1.165, 1.54) is 24.3 Å². The number of pyridine rings is 1. The molecule has 1 heterocycles. The molecular weight excluding hydrogens is 373 g/mol. The van der Waals surface area contributed by atoms with Gasteiger partial charge in [-0.15, -0.1) is 0 Å². The smallest absolute Gasteiger partial charge is 0.269 e. The lowest BCUT2D eigenvalue weighted by Gasteiger charge is -2.21. The third kappa shape index (κ3) is 6.01. The molecule has 1 aromatic carbocycles. The van der Waals surface area contributed by atoms with Crippen molar-refractivity contribution in [2.24, 2.45) is 5.92 Å². The average molecular weight is 399 g/mol. The van der Waals surface area contributed by atoms with Crippen LogP contribution in [0, 0.1) is 11.7 Å². The molecule has 0 spiro atoms. The van der Waals surface area contributed by atoms with E-state index >= 15 is 0 Å². The predicted molar refractivity (Wildman–Crippen MR) is 107 cm³/mol. The second-order valence-corrected chi connectivity index (χ2v) is 7.22. The highest BCUT2D eigenvalue weighted by Gasteiger charge is 2.29. The number of aryl methyl sites for hydroxylation is 1. The molecule has 2 amide bonds. The van der Waals surface area contributed by atoms with Crippen molar-refractivity contribution < 1.29 is 18.7 Å². The zero-order chi connectivity index (χ0) is 20.6. The minimum absolute atomic E-state index is 0.00504. The zero-order valence-electron chi connectivity index (χ0n) is 16.5. The maximum absolute atomic E-state index is 12.9. The van der Waals surface area contributed by atoms with Crippen LogP contribution >= 0.6 is 0 Å². The number of nitrogens with zero attached hydrogens (tertiary/aromatic N) is 1. The number of benzene rings is 1. The Hall–Kier alpha value is -2.96. The van der Waals surface area contributed by atoms with E-state index in [-0.39, 0.29) is 36.2 Å². The van der Waals surface area contributed by atoms with Crippen molar-refractivity contribution in [3.8, 4) is 5.75 Å². The molecule has 154 valence electrons. The van der Waals surface area contributed by atoms with Gasteiger partial charge < -0.3 is 15.4 Å². The molecule has 29 heavy (non-hydrogen) atoms. The van der Waals surface area contributed by atoms with Crippen LogP contribution in [0.15, 0.2) is 42.6 Å². The highest BCUT2D eigenvalue weighted by atomic mass is 19.1. The first kappa shape index (κ1) is 20.8. The molecule has 1 saturated carbocycles. The number of carbonyl (C=O) groups is 2. The molecule has 3 rings (SSSR count). The first-order valence-corrected chi connectivity index (χ1v) is 9.96. The minimum atomic E-state index is -0.353. The molecule has 2 unspecified atom stereocenters. The predicted octanol–water partition coefficient (Wildman–Crippen LogP) is 2.88. The van der Waals surface area contributed by atoms with Crippen LogP contribution in [0.1, 0.15) is 42.2 Å². The molecule has 7 heteroatoms. The molecule has 1 fully saturated rings. The summed E-state index contributed by atoms with van der Waals surface area (Å²) in [7, 11) is 0. The number of halogens is 1. The Labute approximate surface area is 169 Å². The van der Waals surface area contributed by atoms with Gasteiger partial charge >= 0.3 is 0 Å². The molecule has 2 atom stereocenters. The fourth-order valence-electron chi connectivity index (χ4n) is 3.53. The Morgan fingerprint density at radius 2 is 2.00 bits per heavy atom. The van der Waals surface area contributed by atoms with Crippen molar-refractivity contribution in [2.45, 2.75) is 38.6 Å². The van der Waals surface area contributed by atoms with Crippen LogP contribution in [0.3, 0.4) is 0 Å². The molecule has 0 aliphatic heterocycles. The van der Waals surface area contributed by atoms with Gasteiger partial charge in [0, 0.05) is 18.8 Å². The van der Waals surface area contributed by atoms with Gasteiger partial charge in [-0.3, -0.25) is 14.6 Å². The topological polar surface area (TPSA) is 80.3 Å². The van der Waals surface area contributed by atoms with Crippen molar-refractivity contribution in [1.29, 1.82) is 0 Å². The van der Waals surface area contributed by atoms with E-state index < -0.39 is 0 Å². The zero-order valence-corrected chi connectivity index (χ0v) is 16.5. The number of ether oxygens (including phenoxy) is 1. The Bertz CT molecular complexity index is 841. The molecule has 1 aliphatic rings. The summed E-state index contributed by atoms with van der Waals surface area (Å²) in [5, 5.41) is 5.93. The summed E-state index contributed by atoms with van der Waals surface area (Å²) in [6.07, 6.45) is 5.29. The maximum Gasteiger partial charge on any atom is 0.269 e. The minimum Gasteiger partial charge on any atom is -0.484 e. The highest BCUT2D eigenvalue weighted by molar-refractivity contribution is 5.92. The van der Waals surface area contributed by atoms with Gasteiger partial charge in [0.25, 0.3) is 11.8 Å². The fourth-order valence-corrected chi connectivity index (χ4v) is 3.53. The Morgan fingerprint density at radius 1 is 1.21 bits per heavy atom. The number of amides is 2. The molecular formula is C22H26FN3O3. The maximum atomic E-state index is 12.9. The van der Waals surface area contributed by atoms with Crippen molar-refractivity contribution in [3.05, 3.63) is 59.7 Å². The second kappa shape index (κ2) is 10.0. The van der Waals surface area contributed by atoms with Crippen LogP contribution in [-0.2, 0) is 11.2 Å². The summed E-state index contributed by atoms with van der Waals surface area (Å²) in [5.74, 6) is -0.164. The van der Waals surface area contributed by atoms with E-state index in [1.807, 2.05) is 13.0 Å². The summed E-state index contributed by atoms with van der Waals surface area (Å²) in [6.45, 7) is 2.39. The van der Waals surface area contributed by atoms with E-state index in [0.29, 0.717) is 18.0 Å². The molecule has 6 nitrogen and oxygen atoms in total. The van der Waals surface area contributed by atoms with Gasteiger partial charge in [-0.1, -0.05) is 13.3 Å². The van der Waals surface area contributed by atoms with Gasteiger partial charge in [0.1, 0.15) is 17.3 Å². The molecule has 1 aromatic heterocycles. The van der Waals surface area contributed by atoms with Gasteiger partial charge in [-0.25, -0.2) is 4.39 Å². The molecule has 0 saturated heterocycles.